The number of hydrazone groups is 2. The molecule has 0 aromatic carbocycles. The fraction of sp³-hybridized carbons (Fsp3) is 0.667. The quantitative estimate of drug-likeness (QED) is 0.231. The van der Waals surface area contributed by atoms with Gasteiger partial charge in [0.1, 0.15) is 0 Å². The third kappa shape index (κ3) is 6.72. The predicted molar refractivity (Wildman–Crippen MR) is 66.0 cm³/mol. The number of rotatable bonds is 4. The smallest absolute Gasteiger partial charge is 0.178 e. The zero-order valence-electron chi connectivity index (χ0n) is 8.44. The lowest BCUT2D eigenvalue weighted by molar-refractivity contribution is 0.903. The normalized spacial score (nSPS) is 15.1. The van der Waals surface area contributed by atoms with Crippen molar-refractivity contribution in [1.82, 2.24) is 10.9 Å². The van der Waals surface area contributed by atoms with Crippen LogP contribution in [-0.2, 0) is 0 Å². The maximum atomic E-state index is 5.58. The highest BCUT2D eigenvalue weighted by molar-refractivity contribution is 8.29. The van der Waals surface area contributed by atoms with Crippen LogP contribution in [0.3, 0.4) is 0 Å². The Morgan fingerprint density at radius 3 is 1.71 bits per heavy atom. The summed E-state index contributed by atoms with van der Waals surface area (Å²) in [5, 5.41) is 8.58. The number of amidine groups is 2. The molecule has 0 radical (unpaired) electrons. The van der Waals surface area contributed by atoms with Crippen LogP contribution < -0.4 is 22.3 Å². The van der Waals surface area contributed by atoms with Crippen molar-refractivity contribution in [3.8, 4) is 0 Å². The van der Waals surface area contributed by atoms with Gasteiger partial charge in [0.25, 0.3) is 0 Å². The zero-order chi connectivity index (χ0) is 11.0. The summed E-state index contributed by atoms with van der Waals surface area (Å²) in [7, 11) is 3.39. The Hall–Kier alpha value is -0.760. The van der Waals surface area contributed by atoms with Gasteiger partial charge in [0.2, 0.25) is 0 Å². The maximum Gasteiger partial charge on any atom is 0.178 e. The van der Waals surface area contributed by atoms with Crippen LogP contribution >= 0.6 is 23.5 Å². The molecule has 0 heterocycles. The van der Waals surface area contributed by atoms with Crippen molar-refractivity contribution in [3.63, 3.8) is 0 Å². The van der Waals surface area contributed by atoms with E-state index in [9.17, 15) is 0 Å². The first-order valence-corrected chi connectivity index (χ1v) is 5.69. The van der Waals surface area contributed by atoms with Crippen molar-refractivity contribution in [3.05, 3.63) is 0 Å². The van der Waals surface area contributed by atoms with Crippen LogP contribution in [0.1, 0.15) is 6.92 Å². The molecule has 14 heavy (non-hydrogen) atoms. The van der Waals surface area contributed by atoms with E-state index >= 15 is 0 Å². The van der Waals surface area contributed by atoms with E-state index in [2.05, 4.69) is 21.1 Å². The van der Waals surface area contributed by atoms with Gasteiger partial charge in [-0.25, -0.2) is 0 Å². The molecule has 8 heteroatoms. The van der Waals surface area contributed by atoms with Crippen LogP contribution in [-0.4, -0.2) is 29.0 Å². The molecule has 0 aromatic rings. The molecule has 0 saturated heterocycles. The molecule has 0 fully saturated rings. The van der Waals surface area contributed by atoms with Gasteiger partial charge in [0.05, 0.1) is 4.58 Å². The van der Waals surface area contributed by atoms with Gasteiger partial charge >= 0.3 is 0 Å². The van der Waals surface area contributed by atoms with Crippen molar-refractivity contribution in [2.24, 2.45) is 21.7 Å². The standard InChI is InChI=1S/C6H16N6S2/c1-4(13-5(7)11-9-2)14-6(8)12-10-3/h4,9-10H,1-3H3,(H2,7,11)(H2,8,12). The number of thioether (sulfide) groups is 2. The molecular formula is C6H16N6S2. The molecule has 0 rings (SSSR count). The molecule has 0 spiro atoms. The molecular weight excluding hydrogens is 220 g/mol. The van der Waals surface area contributed by atoms with E-state index in [-0.39, 0.29) is 4.58 Å². The lowest BCUT2D eigenvalue weighted by Crippen LogP contribution is -2.18. The molecule has 0 amide bonds. The summed E-state index contributed by atoms with van der Waals surface area (Å²) in [5.41, 5.74) is 16.4. The summed E-state index contributed by atoms with van der Waals surface area (Å²) in [6.07, 6.45) is 0. The van der Waals surface area contributed by atoms with E-state index in [0.717, 1.165) is 0 Å². The van der Waals surface area contributed by atoms with E-state index in [1.807, 2.05) is 6.92 Å². The second-order valence-corrected chi connectivity index (χ2v) is 5.17. The minimum Gasteiger partial charge on any atom is -0.377 e. The van der Waals surface area contributed by atoms with Gasteiger partial charge < -0.3 is 22.3 Å². The monoisotopic (exact) mass is 236 g/mol. The van der Waals surface area contributed by atoms with Crippen LogP contribution in [0.25, 0.3) is 0 Å². The van der Waals surface area contributed by atoms with Crippen molar-refractivity contribution in [2.75, 3.05) is 14.1 Å². The fourth-order valence-electron chi connectivity index (χ4n) is 0.637. The first kappa shape index (κ1) is 13.2. The zero-order valence-corrected chi connectivity index (χ0v) is 10.1. The van der Waals surface area contributed by atoms with Gasteiger partial charge in [-0.2, -0.15) is 10.2 Å². The molecule has 0 saturated carbocycles. The Bertz CT molecular complexity index is 194. The Balaban J connectivity index is 3.92. The average molecular weight is 236 g/mol. The minimum atomic E-state index is 0.171. The van der Waals surface area contributed by atoms with E-state index in [1.54, 1.807) is 14.1 Å². The Morgan fingerprint density at radius 2 is 1.43 bits per heavy atom. The van der Waals surface area contributed by atoms with Crippen LogP contribution in [0.4, 0.5) is 0 Å². The van der Waals surface area contributed by atoms with Gasteiger partial charge in [-0.3, -0.25) is 0 Å². The van der Waals surface area contributed by atoms with E-state index in [1.165, 1.54) is 23.5 Å². The van der Waals surface area contributed by atoms with Gasteiger partial charge in [-0.05, 0) is 6.92 Å². The summed E-state index contributed by atoms with van der Waals surface area (Å²) < 4.78 is 0.171. The Kier molecular flexibility index (Phi) is 7.21. The van der Waals surface area contributed by atoms with Gasteiger partial charge in [-0.15, -0.1) is 0 Å². The van der Waals surface area contributed by atoms with E-state index in [4.69, 9.17) is 11.5 Å². The molecule has 0 aliphatic carbocycles. The highest BCUT2D eigenvalue weighted by Gasteiger charge is 2.08. The minimum absolute atomic E-state index is 0.171. The van der Waals surface area contributed by atoms with Crippen LogP contribution in [0.5, 0.6) is 0 Å². The predicted octanol–water partition coefficient (Wildman–Crippen LogP) is -0.303. The molecule has 0 aromatic heterocycles. The van der Waals surface area contributed by atoms with Crippen molar-refractivity contribution < 1.29 is 0 Å². The van der Waals surface area contributed by atoms with Crippen molar-refractivity contribution >= 4 is 33.9 Å². The molecule has 0 bridgehead atoms. The SMILES string of the molecule is CN/N=C(/N)SC(C)S/C(N)=N\NC. The van der Waals surface area contributed by atoms with Gasteiger partial charge in [0.15, 0.2) is 10.3 Å². The third-order valence-electron chi connectivity index (χ3n) is 1.02. The summed E-state index contributed by atoms with van der Waals surface area (Å²) in [4.78, 5) is 0. The second kappa shape index (κ2) is 7.63. The highest BCUT2D eigenvalue weighted by Crippen LogP contribution is 2.22. The summed E-state index contributed by atoms with van der Waals surface area (Å²) in [6, 6.07) is 0. The number of hydrogen-bond donors (Lipinski definition) is 4. The number of hydrogen-bond acceptors (Lipinski definition) is 6. The first-order chi connectivity index (χ1) is 6.60. The molecule has 0 aliphatic heterocycles. The summed E-state index contributed by atoms with van der Waals surface area (Å²) in [5.74, 6) is 0. The largest absolute Gasteiger partial charge is 0.377 e. The fourth-order valence-corrected chi connectivity index (χ4v) is 2.39. The van der Waals surface area contributed by atoms with Crippen molar-refractivity contribution in [1.29, 1.82) is 0 Å². The van der Waals surface area contributed by atoms with Crippen LogP contribution in [0.2, 0.25) is 0 Å². The maximum absolute atomic E-state index is 5.58. The Morgan fingerprint density at radius 1 is 1.07 bits per heavy atom. The highest BCUT2D eigenvalue weighted by atomic mass is 32.2. The second-order valence-electron chi connectivity index (χ2n) is 2.15. The number of nitrogens with one attached hydrogen (secondary N) is 2. The van der Waals surface area contributed by atoms with E-state index < -0.39 is 0 Å². The lowest BCUT2D eigenvalue weighted by Gasteiger charge is -2.08. The summed E-state index contributed by atoms with van der Waals surface area (Å²) in [6.45, 7) is 1.98. The molecule has 6 N–H and O–H groups in total. The molecule has 0 unspecified atom stereocenters. The van der Waals surface area contributed by atoms with Crippen molar-refractivity contribution in [2.45, 2.75) is 11.5 Å². The molecule has 0 aliphatic rings. The Labute approximate surface area is 92.3 Å². The van der Waals surface area contributed by atoms with Crippen LogP contribution in [0, 0.1) is 0 Å². The lowest BCUT2D eigenvalue weighted by atomic mass is 11.0. The average Bonchev–Trinajstić information content (AvgIpc) is 2.03. The van der Waals surface area contributed by atoms with E-state index in [0.29, 0.717) is 10.3 Å². The molecule has 82 valence electrons. The molecule has 0 atom stereocenters. The van der Waals surface area contributed by atoms with Gasteiger partial charge in [-0.1, -0.05) is 23.5 Å². The number of nitrogens with zero attached hydrogens (tertiary/aromatic N) is 2. The topological polar surface area (TPSA) is 101 Å². The number of nitrogens with two attached hydrogens (primary N) is 2. The molecule has 6 nitrogen and oxygen atoms in total. The first-order valence-electron chi connectivity index (χ1n) is 3.93. The summed E-state index contributed by atoms with van der Waals surface area (Å²) >= 11 is 2.84. The third-order valence-corrected chi connectivity index (χ3v) is 2.92. The van der Waals surface area contributed by atoms with Gasteiger partial charge in [0, 0.05) is 14.1 Å². The van der Waals surface area contributed by atoms with Crippen LogP contribution in [0.15, 0.2) is 10.2 Å².